The molecule has 0 aliphatic heterocycles. The van der Waals surface area contributed by atoms with Gasteiger partial charge in [-0.3, -0.25) is 4.79 Å². The molecule has 3 aromatic rings. The smallest absolute Gasteiger partial charge is 0.222 e. The molecule has 6 heteroatoms. The lowest BCUT2D eigenvalue weighted by molar-refractivity contribution is -0.123. The maximum absolute atomic E-state index is 12.3. The Morgan fingerprint density at radius 1 is 1.35 bits per heavy atom. The number of hydrogen-bond acceptors (Lipinski definition) is 4. The van der Waals surface area contributed by atoms with Crippen molar-refractivity contribution in [3.05, 3.63) is 46.7 Å². The largest absolute Gasteiger partial charge is 0.345 e. The number of nitrogens with zero attached hydrogens (tertiary/aromatic N) is 3. The second-order valence-corrected chi connectivity index (χ2v) is 7.00. The molecule has 120 valence electrons. The summed E-state index contributed by atoms with van der Waals surface area (Å²) < 4.78 is 2.01. The maximum atomic E-state index is 12.3. The highest BCUT2D eigenvalue weighted by atomic mass is 32.1. The lowest BCUT2D eigenvalue weighted by atomic mass is 10.1. The number of rotatable bonds is 5. The van der Waals surface area contributed by atoms with Crippen LogP contribution in [0, 0.1) is 6.92 Å². The SMILES string of the molecule is Cc1csc(C(C)(C)NC(=O)CCn2cnc3ccccc32)n1. The molecule has 0 atom stereocenters. The number of aromatic nitrogens is 3. The fraction of sp³-hybridized carbons (Fsp3) is 0.353. The van der Waals surface area contributed by atoms with Crippen molar-refractivity contribution in [1.29, 1.82) is 0 Å². The van der Waals surface area contributed by atoms with Crippen LogP contribution >= 0.6 is 11.3 Å². The standard InChI is InChI=1S/C17H20N4OS/c1-12-10-23-16(19-12)17(2,3)20-15(22)8-9-21-11-18-13-6-4-5-7-14(13)21/h4-7,10-11H,8-9H2,1-3H3,(H,20,22). The van der Waals surface area contributed by atoms with Crippen LogP contribution in [0.15, 0.2) is 36.0 Å². The van der Waals surface area contributed by atoms with Gasteiger partial charge in [-0.15, -0.1) is 11.3 Å². The monoisotopic (exact) mass is 328 g/mol. The van der Waals surface area contributed by atoms with Gasteiger partial charge >= 0.3 is 0 Å². The summed E-state index contributed by atoms with van der Waals surface area (Å²) in [7, 11) is 0. The molecule has 0 radical (unpaired) electrons. The number of nitrogens with one attached hydrogen (secondary N) is 1. The van der Waals surface area contributed by atoms with E-state index in [-0.39, 0.29) is 5.91 Å². The Morgan fingerprint density at radius 3 is 2.87 bits per heavy atom. The number of amides is 1. The Labute approximate surface area is 139 Å². The number of fused-ring (bicyclic) bond motifs is 1. The zero-order valence-electron chi connectivity index (χ0n) is 13.5. The lowest BCUT2D eigenvalue weighted by Crippen LogP contribution is -2.41. The number of para-hydroxylation sites is 2. The Morgan fingerprint density at radius 2 is 2.13 bits per heavy atom. The second kappa shape index (κ2) is 6.12. The van der Waals surface area contributed by atoms with Gasteiger partial charge in [0.2, 0.25) is 5.91 Å². The Kier molecular flexibility index (Phi) is 4.17. The van der Waals surface area contributed by atoms with E-state index in [0.717, 1.165) is 21.7 Å². The third-order valence-corrected chi connectivity index (χ3v) is 5.00. The molecule has 0 aliphatic rings. The van der Waals surface area contributed by atoms with Crippen LogP contribution in [0.2, 0.25) is 0 Å². The van der Waals surface area contributed by atoms with Gasteiger partial charge in [0.05, 0.1) is 22.9 Å². The molecule has 0 unspecified atom stereocenters. The number of thiazole rings is 1. The summed E-state index contributed by atoms with van der Waals surface area (Å²) in [5.74, 6) is 0.0145. The van der Waals surface area contributed by atoms with Gasteiger partial charge < -0.3 is 9.88 Å². The topological polar surface area (TPSA) is 59.8 Å². The minimum absolute atomic E-state index is 0.0145. The number of aryl methyl sites for hydroxylation is 2. The van der Waals surface area contributed by atoms with Crippen molar-refractivity contribution in [3.8, 4) is 0 Å². The molecule has 0 saturated carbocycles. The number of benzene rings is 1. The zero-order valence-corrected chi connectivity index (χ0v) is 14.4. The molecular weight excluding hydrogens is 308 g/mol. The Hall–Kier alpha value is -2.21. The normalized spacial score (nSPS) is 11.8. The summed E-state index contributed by atoms with van der Waals surface area (Å²) in [6, 6.07) is 7.93. The molecule has 2 aromatic heterocycles. The Balaban J connectivity index is 1.63. The fourth-order valence-electron chi connectivity index (χ4n) is 2.52. The van der Waals surface area contributed by atoms with Gasteiger partial charge in [0, 0.05) is 24.0 Å². The fourth-order valence-corrected chi connectivity index (χ4v) is 3.39. The van der Waals surface area contributed by atoms with Crippen molar-refractivity contribution in [2.24, 2.45) is 0 Å². The highest BCUT2D eigenvalue weighted by Crippen LogP contribution is 2.23. The number of carbonyl (C=O) groups is 1. The summed E-state index contributed by atoms with van der Waals surface area (Å²) in [5, 5.41) is 6.00. The molecule has 2 heterocycles. The predicted molar refractivity (Wildman–Crippen MR) is 92.4 cm³/mol. The molecule has 1 amide bonds. The van der Waals surface area contributed by atoms with E-state index in [4.69, 9.17) is 0 Å². The van der Waals surface area contributed by atoms with Gasteiger partial charge in [-0.2, -0.15) is 0 Å². The molecule has 0 saturated heterocycles. The average molecular weight is 328 g/mol. The van der Waals surface area contributed by atoms with Crippen LogP contribution in [0.3, 0.4) is 0 Å². The molecular formula is C17H20N4OS. The third-order valence-electron chi connectivity index (χ3n) is 3.71. The maximum Gasteiger partial charge on any atom is 0.222 e. The van der Waals surface area contributed by atoms with E-state index in [0.29, 0.717) is 13.0 Å². The third kappa shape index (κ3) is 3.42. The number of hydrogen-bond donors (Lipinski definition) is 1. The van der Waals surface area contributed by atoms with Crippen LogP contribution in [0.25, 0.3) is 11.0 Å². The van der Waals surface area contributed by atoms with E-state index in [1.165, 1.54) is 0 Å². The molecule has 0 spiro atoms. The minimum atomic E-state index is -0.451. The van der Waals surface area contributed by atoms with Gasteiger partial charge in [-0.1, -0.05) is 12.1 Å². The first-order valence-corrected chi connectivity index (χ1v) is 8.47. The zero-order chi connectivity index (χ0) is 16.4. The van der Waals surface area contributed by atoms with Crippen LogP contribution in [0.4, 0.5) is 0 Å². The highest BCUT2D eigenvalue weighted by molar-refractivity contribution is 7.09. The van der Waals surface area contributed by atoms with Gasteiger partial charge in [-0.25, -0.2) is 9.97 Å². The van der Waals surface area contributed by atoms with E-state index in [2.05, 4.69) is 15.3 Å². The van der Waals surface area contributed by atoms with Crippen LogP contribution in [0.5, 0.6) is 0 Å². The van der Waals surface area contributed by atoms with Crippen molar-refractivity contribution < 1.29 is 4.79 Å². The van der Waals surface area contributed by atoms with Crippen molar-refractivity contribution in [2.75, 3.05) is 0 Å². The molecule has 0 bridgehead atoms. The molecule has 5 nitrogen and oxygen atoms in total. The second-order valence-electron chi connectivity index (χ2n) is 6.14. The van der Waals surface area contributed by atoms with E-state index < -0.39 is 5.54 Å². The summed E-state index contributed by atoms with van der Waals surface area (Å²) in [6.45, 7) is 6.53. The molecule has 3 rings (SSSR count). The summed E-state index contributed by atoms with van der Waals surface area (Å²) in [5.41, 5.74) is 2.53. The first kappa shape index (κ1) is 15.7. The van der Waals surface area contributed by atoms with Gasteiger partial charge in [0.1, 0.15) is 5.01 Å². The van der Waals surface area contributed by atoms with E-state index in [9.17, 15) is 4.79 Å². The van der Waals surface area contributed by atoms with Crippen molar-refractivity contribution in [3.63, 3.8) is 0 Å². The van der Waals surface area contributed by atoms with Crippen molar-refractivity contribution >= 4 is 28.3 Å². The summed E-state index contributed by atoms with van der Waals surface area (Å²) in [4.78, 5) is 21.1. The minimum Gasteiger partial charge on any atom is -0.345 e. The lowest BCUT2D eigenvalue weighted by Gasteiger charge is -2.24. The highest BCUT2D eigenvalue weighted by Gasteiger charge is 2.25. The van der Waals surface area contributed by atoms with E-state index in [1.807, 2.05) is 55.0 Å². The first-order valence-electron chi connectivity index (χ1n) is 7.59. The van der Waals surface area contributed by atoms with Crippen LogP contribution in [0.1, 0.15) is 31.0 Å². The van der Waals surface area contributed by atoms with E-state index in [1.54, 1.807) is 17.7 Å². The molecule has 0 aliphatic carbocycles. The predicted octanol–water partition coefficient (Wildman–Crippen LogP) is 3.24. The van der Waals surface area contributed by atoms with Gasteiger partial charge in [0.15, 0.2) is 0 Å². The van der Waals surface area contributed by atoms with Crippen LogP contribution < -0.4 is 5.32 Å². The van der Waals surface area contributed by atoms with Crippen molar-refractivity contribution in [2.45, 2.75) is 39.3 Å². The number of carbonyl (C=O) groups excluding carboxylic acids is 1. The van der Waals surface area contributed by atoms with Crippen LogP contribution in [-0.2, 0) is 16.9 Å². The Bertz CT molecular complexity index is 834. The molecule has 23 heavy (non-hydrogen) atoms. The van der Waals surface area contributed by atoms with Crippen molar-refractivity contribution in [1.82, 2.24) is 19.9 Å². The average Bonchev–Trinajstić information content (AvgIpc) is 3.11. The number of imidazole rings is 1. The summed E-state index contributed by atoms with van der Waals surface area (Å²) in [6.07, 6.45) is 2.20. The summed E-state index contributed by atoms with van der Waals surface area (Å²) >= 11 is 1.58. The van der Waals surface area contributed by atoms with E-state index >= 15 is 0 Å². The quantitative estimate of drug-likeness (QED) is 0.782. The molecule has 1 N–H and O–H groups in total. The van der Waals surface area contributed by atoms with Gasteiger partial charge in [0.25, 0.3) is 0 Å². The van der Waals surface area contributed by atoms with Gasteiger partial charge in [-0.05, 0) is 32.9 Å². The first-order chi connectivity index (χ1) is 11.0. The molecule has 0 fully saturated rings. The van der Waals surface area contributed by atoms with Crippen LogP contribution in [-0.4, -0.2) is 20.4 Å². The molecule has 1 aromatic carbocycles.